The summed E-state index contributed by atoms with van der Waals surface area (Å²) in [7, 11) is -3.48. The molecule has 0 aliphatic rings. The zero-order valence-corrected chi connectivity index (χ0v) is 17.0. The van der Waals surface area contributed by atoms with Gasteiger partial charge in [0.05, 0.1) is 5.75 Å². The van der Waals surface area contributed by atoms with Crippen molar-refractivity contribution in [3.8, 4) is 22.6 Å². The van der Waals surface area contributed by atoms with E-state index in [1.165, 1.54) is 25.1 Å². The lowest BCUT2D eigenvalue weighted by Crippen LogP contribution is -2.14. The number of ether oxygens (including phenoxy) is 1. The van der Waals surface area contributed by atoms with Gasteiger partial charge in [0, 0.05) is 28.7 Å². The topological polar surface area (TPSA) is 68.3 Å². The number of hydrogen-bond donors (Lipinski definition) is 1. The minimum Gasteiger partial charge on any atom is -0.454 e. The van der Waals surface area contributed by atoms with Gasteiger partial charge in [-0.25, -0.2) is 17.2 Å². The number of aromatic nitrogens is 1. The molecule has 0 unspecified atom stereocenters. The minimum absolute atomic E-state index is 0.0746. The van der Waals surface area contributed by atoms with Gasteiger partial charge < -0.3 is 4.74 Å². The molecule has 1 aromatic heterocycles. The maximum absolute atomic E-state index is 14.1. The Labute approximate surface area is 168 Å². The van der Waals surface area contributed by atoms with Crippen LogP contribution in [0.4, 0.5) is 14.5 Å². The SMILES string of the molecule is CCS(=O)(=O)Nc1ccc(Oc2ccc(F)cc2F)c(-c2cc(C)nc(C)c2)c1. The van der Waals surface area contributed by atoms with E-state index in [2.05, 4.69) is 9.71 Å². The summed E-state index contributed by atoms with van der Waals surface area (Å²) in [4.78, 5) is 4.34. The zero-order valence-electron chi connectivity index (χ0n) is 16.2. The number of aryl methyl sites for hydroxylation is 2. The van der Waals surface area contributed by atoms with Crippen molar-refractivity contribution in [3.05, 3.63) is 71.6 Å². The predicted molar refractivity (Wildman–Crippen MR) is 109 cm³/mol. The number of rotatable bonds is 6. The van der Waals surface area contributed by atoms with Gasteiger partial charge in [-0.15, -0.1) is 0 Å². The molecule has 0 radical (unpaired) electrons. The van der Waals surface area contributed by atoms with E-state index in [9.17, 15) is 17.2 Å². The molecular weight excluding hydrogens is 398 g/mol. The van der Waals surface area contributed by atoms with Crippen LogP contribution in [0.3, 0.4) is 0 Å². The molecule has 0 amide bonds. The Kier molecular flexibility index (Phi) is 5.83. The number of hydrogen-bond acceptors (Lipinski definition) is 4. The van der Waals surface area contributed by atoms with Crippen LogP contribution in [0.1, 0.15) is 18.3 Å². The summed E-state index contributed by atoms with van der Waals surface area (Å²) in [6, 6.07) is 11.3. The lowest BCUT2D eigenvalue weighted by molar-refractivity contribution is 0.439. The molecular formula is C21H20F2N2O3S. The maximum atomic E-state index is 14.1. The summed E-state index contributed by atoms with van der Waals surface area (Å²) in [5, 5.41) is 0. The first kappa shape index (κ1) is 20.7. The van der Waals surface area contributed by atoms with Crippen LogP contribution in [0.5, 0.6) is 11.5 Å². The molecule has 29 heavy (non-hydrogen) atoms. The van der Waals surface area contributed by atoms with Crippen molar-refractivity contribution < 1.29 is 21.9 Å². The average molecular weight is 418 g/mol. The minimum atomic E-state index is -3.48. The Hall–Kier alpha value is -3.00. The summed E-state index contributed by atoms with van der Waals surface area (Å²) in [6.45, 7) is 5.20. The standard InChI is InChI=1S/C21H20F2N2O3S/c1-4-29(26,27)25-17-6-8-20(28-21-7-5-16(22)11-19(21)23)18(12-17)15-9-13(2)24-14(3)10-15/h5-12,25H,4H2,1-3H3. The van der Waals surface area contributed by atoms with Crippen molar-refractivity contribution in [1.82, 2.24) is 4.98 Å². The van der Waals surface area contributed by atoms with Crippen LogP contribution in [0.15, 0.2) is 48.5 Å². The third-order valence-corrected chi connectivity index (χ3v) is 5.45. The molecule has 0 bridgehead atoms. The third kappa shape index (κ3) is 5.08. The van der Waals surface area contributed by atoms with Crippen LogP contribution in [-0.4, -0.2) is 19.2 Å². The van der Waals surface area contributed by atoms with Gasteiger partial charge in [0.25, 0.3) is 0 Å². The lowest BCUT2D eigenvalue weighted by Gasteiger charge is -2.15. The van der Waals surface area contributed by atoms with E-state index in [0.29, 0.717) is 17.0 Å². The van der Waals surface area contributed by atoms with E-state index in [0.717, 1.165) is 29.1 Å². The summed E-state index contributed by atoms with van der Waals surface area (Å²) < 4.78 is 59.4. The Morgan fingerprint density at radius 3 is 2.24 bits per heavy atom. The number of anilines is 1. The van der Waals surface area contributed by atoms with Crippen LogP contribution in [-0.2, 0) is 10.0 Å². The molecule has 0 fully saturated rings. The summed E-state index contributed by atoms with van der Waals surface area (Å²) >= 11 is 0. The number of sulfonamides is 1. The van der Waals surface area contributed by atoms with Crippen LogP contribution >= 0.6 is 0 Å². The number of halogens is 2. The van der Waals surface area contributed by atoms with Crippen molar-refractivity contribution in [2.45, 2.75) is 20.8 Å². The molecule has 8 heteroatoms. The second-order valence-corrected chi connectivity index (χ2v) is 8.54. The summed E-state index contributed by atoms with van der Waals surface area (Å²) in [5.74, 6) is -1.47. The molecule has 3 rings (SSSR count). The molecule has 0 atom stereocenters. The van der Waals surface area contributed by atoms with E-state index in [-0.39, 0.29) is 11.5 Å². The zero-order chi connectivity index (χ0) is 21.2. The largest absolute Gasteiger partial charge is 0.454 e. The molecule has 0 saturated carbocycles. The van der Waals surface area contributed by atoms with Gasteiger partial charge >= 0.3 is 0 Å². The first-order valence-electron chi connectivity index (χ1n) is 8.90. The Balaban J connectivity index is 2.11. The van der Waals surface area contributed by atoms with Crippen molar-refractivity contribution >= 4 is 15.7 Å². The Morgan fingerprint density at radius 1 is 0.966 bits per heavy atom. The molecule has 152 valence electrons. The van der Waals surface area contributed by atoms with Gasteiger partial charge in [-0.1, -0.05) is 0 Å². The first-order chi connectivity index (χ1) is 13.7. The average Bonchev–Trinajstić information content (AvgIpc) is 2.64. The normalized spacial score (nSPS) is 11.3. The fourth-order valence-corrected chi connectivity index (χ4v) is 3.46. The van der Waals surface area contributed by atoms with Crippen LogP contribution in [0.25, 0.3) is 11.1 Å². The van der Waals surface area contributed by atoms with Gasteiger partial charge in [0.15, 0.2) is 11.6 Å². The highest BCUT2D eigenvalue weighted by molar-refractivity contribution is 7.92. The van der Waals surface area contributed by atoms with E-state index >= 15 is 0 Å². The molecule has 3 aromatic rings. The molecule has 5 nitrogen and oxygen atoms in total. The van der Waals surface area contributed by atoms with Crippen LogP contribution in [0, 0.1) is 25.5 Å². The highest BCUT2D eigenvalue weighted by Gasteiger charge is 2.15. The molecule has 0 saturated heterocycles. The Bertz CT molecular complexity index is 1140. The van der Waals surface area contributed by atoms with E-state index in [1.807, 2.05) is 26.0 Å². The van der Waals surface area contributed by atoms with Gasteiger partial charge in [0.2, 0.25) is 10.0 Å². The van der Waals surface area contributed by atoms with Gasteiger partial charge in [-0.2, -0.15) is 0 Å². The number of nitrogens with one attached hydrogen (secondary N) is 1. The number of pyridine rings is 1. The third-order valence-electron chi connectivity index (χ3n) is 4.14. The molecule has 0 spiro atoms. The van der Waals surface area contributed by atoms with Crippen molar-refractivity contribution in [2.24, 2.45) is 0 Å². The van der Waals surface area contributed by atoms with E-state index in [1.54, 1.807) is 6.07 Å². The molecule has 1 heterocycles. The fourth-order valence-electron chi connectivity index (χ4n) is 2.83. The summed E-state index contributed by atoms with van der Waals surface area (Å²) in [6.07, 6.45) is 0. The highest BCUT2D eigenvalue weighted by Crippen LogP contribution is 2.37. The van der Waals surface area contributed by atoms with Crippen molar-refractivity contribution in [3.63, 3.8) is 0 Å². The van der Waals surface area contributed by atoms with E-state index in [4.69, 9.17) is 4.74 Å². The van der Waals surface area contributed by atoms with Crippen molar-refractivity contribution in [1.29, 1.82) is 0 Å². The van der Waals surface area contributed by atoms with Gasteiger partial charge in [-0.05, 0) is 68.8 Å². The number of nitrogens with zero attached hydrogens (tertiary/aromatic N) is 1. The molecule has 0 aliphatic carbocycles. The van der Waals surface area contributed by atoms with Crippen molar-refractivity contribution in [2.75, 3.05) is 10.5 Å². The highest BCUT2D eigenvalue weighted by atomic mass is 32.2. The first-order valence-corrected chi connectivity index (χ1v) is 10.5. The van der Waals surface area contributed by atoms with Gasteiger partial charge in [-0.3, -0.25) is 9.71 Å². The fraction of sp³-hybridized carbons (Fsp3) is 0.190. The lowest BCUT2D eigenvalue weighted by atomic mass is 10.0. The van der Waals surface area contributed by atoms with Crippen LogP contribution in [0.2, 0.25) is 0 Å². The Morgan fingerprint density at radius 2 is 1.62 bits per heavy atom. The van der Waals surface area contributed by atoms with Crippen LogP contribution < -0.4 is 9.46 Å². The molecule has 1 N–H and O–H groups in total. The molecule has 2 aromatic carbocycles. The number of benzene rings is 2. The monoisotopic (exact) mass is 418 g/mol. The molecule has 0 aliphatic heterocycles. The van der Waals surface area contributed by atoms with E-state index < -0.39 is 21.7 Å². The maximum Gasteiger partial charge on any atom is 0.232 e. The quantitative estimate of drug-likeness (QED) is 0.598. The summed E-state index contributed by atoms with van der Waals surface area (Å²) in [5.41, 5.74) is 3.14. The smallest absolute Gasteiger partial charge is 0.232 e. The predicted octanol–water partition coefficient (Wildman–Crippen LogP) is 5.20. The second-order valence-electron chi connectivity index (χ2n) is 6.53. The van der Waals surface area contributed by atoms with Gasteiger partial charge in [0.1, 0.15) is 11.6 Å². The second kappa shape index (κ2) is 8.16.